The first kappa shape index (κ1) is 16.4. The molecular formula is C16H23NO3. The minimum atomic E-state index is -1.08. The van der Waals surface area contributed by atoms with Crippen molar-refractivity contribution >= 4 is 12.0 Å². The van der Waals surface area contributed by atoms with Gasteiger partial charge in [0, 0.05) is 11.5 Å². The molecule has 20 heavy (non-hydrogen) atoms. The highest BCUT2D eigenvalue weighted by Gasteiger charge is 2.25. The molecule has 4 heteroatoms. The van der Waals surface area contributed by atoms with E-state index in [2.05, 4.69) is 37.9 Å². The molecule has 1 aromatic carbocycles. The summed E-state index contributed by atoms with van der Waals surface area (Å²) < 4.78 is 6.50. The molecule has 0 bridgehead atoms. The summed E-state index contributed by atoms with van der Waals surface area (Å²) >= 11 is 0. The maximum absolute atomic E-state index is 8.89. The van der Waals surface area contributed by atoms with Crippen LogP contribution in [0.25, 0.3) is 6.08 Å². The molecule has 1 fully saturated rings. The van der Waals surface area contributed by atoms with Crippen molar-refractivity contribution in [1.82, 2.24) is 0 Å². The van der Waals surface area contributed by atoms with E-state index in [0.717, 1.165) is 44.3 Å². The van der Waals surface area contributed by atoms with Gasteiger partial charge in [0.1, 0.15) is 19.6 Å². The molecular weight excluding hydrogens is 254 g/mol. The number of carboxylic acid groups (broad SMARTS) is 1. The van der Waals surface area contributed by atoms with E-state index < -0.39 is 5.97 Å². The molecule has 0 aliphatic carbocycles. The largest absolute Gasteiger partial charge is 0.550 e. The molecule has 4 nitrogen and oxygen atoms in total. The molecule has 0 amide bonds. The molecule has 2 rings (SSSR count). The summed E-state index contributed by atoms with van der Waals surface area (Å²) in [5, 5.41) is 8.89. The lowest BCUT2D eigenvalue weighted by Crippen LogP contribution is -2.51. The number of likely N-dealkylation sites (N-methyl/N-ethyl adjacent to an activating group) is 1. The Kier molecular flexibility index (Phi) is 6.42. The average Bonchev–Trinajstić information content (AvgIpc) is 2.39. The number of nitrogens with zero attached hydrogens (tertiary/aromatic N) is 1. The number of ether oxygens (including phenoxy) is 1. The molecule has 0 saturated carbocycles. The fourth-order valence-electron chi connectivity index (χ4n) is 2.14. The van der Waals surface area contributed by atoms with Crippen molar-refractivity contribution in [1.29, 1.82) is 0 Å². The standard InChI is InChI=1S/C14H20NO.C2H4O2/c1-3-13-4-6-14(7-5-13)12-15(2)8-10-16-11-9-15;1-2(3)4/h3-7H,1,8-12H2,2H3;1H3,(H,3,4)/q+1;/p-1. The molecule has 0 unspecified atom stereocenters. The van der Waals surface area contributed by atoms with Crippen LogP contribution in [0.3, 0.4) is 0 Å². The summed E-state index contributed by atoms with van der Waals surface area (Å²) in [7, 11) is 2.31. The van der Waals surface area contributed by atoms with E-state index >= 15 is 0 Å². The van der Waals surface area contributed by atoms with Crippen molar-refractivity contribution in [2.24, 2.45) is 0 Å². The van der Waals surface area contributed by atoms with Gasteiger partial charge in [-0.25, -0.2) is 0 Å². The second-order valence-electron chi connectivity index (χ2n) is 5.27. The summed E-state index contributed by atoms with van der Waals surface area (Å²) in [6, 6.07) is 8.68. The van der Waals surface area contributed by atoms with Crippen LogP contribution in [0.5, 0.6) is 0 Å². The number of carbonyl (C=O) groups excluding carboxylic acids is 1. The Morgan fingerprint density at radius 3 is 2.30 bits per heavy atom. The number of aliphatic carboxylic acids is 1. The van der Waals surface area contributed by atoms with Crippen LogP contribution in [0.15, 0.2) is 30.8 Å². The van der Waals surface area contributed by atoms with Crippen molar-refractivity contribution in [2.75, 3.05) is 33.4 Å². The second-order valence-corrected chi connectivity index (χ2v) is 5.27. The second kappa shape index (κ2) is 7.82. The third-order valence-corrected chi connectivity index (χ3v) is 3.33. The molecule has 1 heterocycles. The Morgan fingerprint density at radius 2 is 1.85 bits per heavy atom. The summed E-state index contributed by atoms with van der Waals surface area (Å²) in [6.07, 6.45) is 1.88. The van der Waals surface area contributed by atoms with Gasteiger partial charge in [0.2, 0.25) is 0 Å². The van der Waals surface area contributed by atoms with Gasteiger partial charge in [-0.1, -0.05) is 36.9 Å². The molecule has 1 saturated heterocycles. The number of carboxylic acids is 1. The SMILES string of the molecule is C=Cc1ccc(C[N+]2(C)CCOCC2)cc1.CC(=O)[O-]. The number of rotatable bonds is 3. The summed E-state index contributed by atoms with van der Waals surface area (Å²) in [6.45, 7) is 9.85. The van der Waals surface area contributed by atoms with E-state index in [1.807, 2.05) is 6.08 Å². The van der Waals surface area contributed by atoms with Crippen LogP contribution in [0.2, 0.25) is 0 Å². The van der Waals surface area contributed by atoms with Gasteiger partial charge in [0.25, 0.3) is 0 Å². The zero-order chi connectivity index (χ0) is 15.0. The highest BCUT2D eigenvalue weighted by atomic mass is 16.5. The summed E-state index contributed by atoms with van der Waals surface area (Å²) in [5.41, 5.74) is 2.59. The highest BCUT2D eigenvalue weighted by Crippen LogP contribution is 2.15. The number of morpholine rings is 1. The van der Waals surface area contributed by atoms with E-state index in [0.29, 0.717) is 0 Å². The number of hydrogen-bond donors (Lipinski definition) is 0. The van der Waals surface area contributed by atoms with E-state index in [4.69, 9.17) is 14.6 Å². The van der Waals surface area contributed by atoms with Crippen LogP contribution in [-0.2, 0) is 16.1 Å². The van der Waals surface area contributed by atoms with Crippen LogP contribution in [0.1, 0.15) is 18.1 Å². The summed E-state index contributed by atoms with van der Waals surface area (Å²) in [5.74, 6) is -1.08. The number of carbonyl (C=O) groups is 1. The van der Waals surface area contributed by atoms with Crippen molar-refractivity contribution in [3.63, 3.8) is 0 Å². The topological polar surface area (TPSA) is 49.4 Å². The first-order chi connectivity index (χ1) is 9.45. The lowest BCUT2D eigenvalue weighted by atomic mass is 10.1. The maximum atomic E-state index is 8.89. The highest BCUT2D eigenvalue weighted by molar-refractivity contribution is 5.60. The Bertz CT molecular complexity index is 430. The van der Waals surface area contributed by atoms with E-state index in [1.54, 1.807) is 0 Å². The average molecular weight is 277 g/mol. The van der Waals surface area contributed by atoms with Crippen LogP contribution in [0, 0.1) is 0 Å². The minimum absolute atomic E-state index is 0.890. The minimum Gasteiger partial charge on any atom is -0.550 e. The monoisotopic (exact) mass is 277 g/mol. The Hall–Kier alpha value is -1.65. The third kappa shape index (κ3) is 5.99. The zero-order valence-corrected chi connectivity index (χ0v) is 12.3. The van der Waals surface area contributed by atoms with Gasteiger partial charge in [-0.2, -0.15) is 0 Å². The van der Waals surface area contributed by atoms with Crippen molar-refractivity contribution in [3.05, 3.63) is 42.0 Å². The number of hydrogen-bond acceptors (Lipinski definition) is 3. The number of benzene rings is 1. The molecule has 1 aliphatic rings. The van der Waals surface area contributed by atoms with Crippen molar-refractivity contribution < 1.29 is 19.1 Å². The number of quaternary nitrogens is 1. The lowest BCUT2D eigenvalue weighted by molar-refractivity contribution is -0.929. The normalized spacial score (nSPS) is 16.7. The van der Waals surface area contributed by atoms with Gasteiger partial charge in [-0.05, 0) is 12.5 Å². The van der Waals surface area contributed by atoms with Crippen LogP contribution in [-0.4, -0.2) is 43.8 Å². The smallest absolute Gasteiger partial charge is 0.104 e. The molecule has 110 valence electrons. The molecule has 0 atom stereocenters. The maximum Gasteiger partial charge on any atom is 0.104 e. The zero-order valence-electron chi connectivity index (χ0n) is 12.3. The van der Waals surface area contributed by atoms with Crippen molar-refractivity contribution in [2.45, 2.75) is 13.5 Å². The van der Waals surface area contributed by atoms with E-state index in [1.165, 1.54) is 11.1 Å². The van der Waals surface area contributed by atoms with Crippen LogP contribution >= 0.6 is 0 Å². The molecule has 0 aromatic heterocycles. The fraction of sp³-hybridized carbons (Fsp3) is 0.438. The fourth-order valence-corrected chi connectivity index (χ4v) is 2.14. The Balaban J connectivity index is 0.000000444. The van der Waals surface area contributed by atoms with Gasteiger partial charge in [-0.3, -0.25) is 0 Å². The van der Waals surface area contributed by atoms with Gasteiger partial charge >= 0.3 is 0 Å². The van der Waals surface area contributed by atoms with Crippen molar-refractivity contribution in [3.8, 4) is 0 Å². The predicted molar refractivity (Wildman–Crippen MR) is 77.7 cm³/mol. The quantitative estimate of drug-likeness (QED) is 0.776. The van der Waals surface area contributed by atoms with Gasteiger partial charge in [0.05, 0.1) is 20.3 Å². The molecule has 0 spiro atoms. The molecule has 0 N–H and O–H groups in total. The van der Waals surface area contributed by atoms with Crippen LogP contribution in [0.4, 0.5) is 0 Å². The summed E-state index contributed by atoms with van der Waals surface area (Å²) in [4.78, 5) is 8.89. The lowest BCUT2D eigenvalue weighted by Gasteiger charge is -2.37. The first-order valence-corrected chi connectivity index (χ1v) is 6.75. The Labute approximate surface area is 120 Å². The predicted octanol–water partition coefficient (Wildman–Crippen LogP) is 1.06. The molecule has 1 aromatic rings. The van der Waals surface area contributed by atoms with Crippen LogP contribution < -0.4 is 5.11 Å². The van der Waals surface area contributed by atoms with Gasteiger partial charge < -0.3 is 19.1 Å². The Morgan fingerprint density at radius 1 is 1.35 bits per heavy atom. The third-order valence-electron chi connectivity index (χ3n) is 3.33. The molecule has 1 aliphatic heterocycles. The van der Waals surface area contributed by atoms with E-state index in [9.17, 15) is 0 Å². The first-order valence-electron chi connectivity index (χ1n) is 6.75. The van der Waals surface area contributed by atoms with Gasteiger partial charge in [0.15, 0.2) is 0 Å². The van der Waals surface area contributed by atoms with E-state index in [-0.39, 0.29) is 0 Å². The van der Waals surface area contributed by atoms with Gasteiger partial charge in [-0.15, -0.1) is 0 Å². The molecule has 0 radical (unpaired) electrons.